The van der Waals surface area contributed by atoms with Crippen LogP contribution >= 0.6 is 11.8 Å². The van der Waals surface area contributed by atoms with E-state index in [0.29, 0.717) is 11.2 Å². The molecule has 1 aromatic heterocycles. The van der Waals surface area contributed by atoms with Crippen molar-refractivity contribution in [3.8, 4) is 0 Å². The Hall–Kier alpha value is -1.34. The van der Waals surface area contributed by atoms with Crippen molar-refractivity contribution in [2.45, 2.75) is 37.5 Å². The Morgan fingerprint density at radius 2 is 2.20 bits per heavy atom. The molecule has 1 saturated heterocycles. The summed E-state index contributed by atoms with van der Waals surface area (Å²) in [5.41, 5.74) is -0.331. The van der Waals surface area contributed by atoms with Crippen LogP contribution in [-0.2, 0) is 11.3 Å². The number of rotatable bonds is 6. The van der Waals surface area contributed by atoms with E-state index < -0.39 is 5.97 Å². The fourth-order valence-electron chi connectivity index (χ4n) is 2.38. The van der Waals surface area contributed by atoms with Gasteiger partial charge < -0.3 is 9.67 Å². The molecule has 1 aromatic rings. The van der Waals surface area contributed by atoms with Crippen LogP contribution in [0.5, 0.6) is 0 Å². The SMILES string of the molecule is CC(Cn1ccc(=O)nc1SCC(=O)O)N1CCCC1. The molecule has 2 rings (SSSR count). The van der Waals surface area contributed by atoms with Crippen LogP contribution in [0.1, 0.15) is 19.8 Å². The lowest BCUT2D eigenvalue weighted by atomic mass is 10.3. The summed E-state index contributed by atoms with van der Waals surface area (Å²) in [5.74, 6) is -0.999. The fourth-order valence-corrected chi connectivity index (χ4v) is 3.08. The molecule has 20 heavy (non-hydrogen) atoms. The molecular formula is C13H19N3O3S. The summed E-state index contributed by atoms with van der Waals surface area (Å²) in [4.78, 5) is 28.3. The van der Waals surface area contributed by atoms with Crippen molar-refractivity contribution >= 4 is 17.7 Å². The largest absolute Gasteiger partial charge is 0.481 e. The van der Waals surface area contributed by atoms with Gasteiger partial charge in [-0.05, 0) is 32.9 Å². The second-order valence-electron chi connectivity index (χ2n) is 4.98. The lowest BCUT2D eigenvalue weighted by Gasteiger charge is -2.25. The number of carboxylic acid groups (broad SMARTS) is 1. The third-order valence-corrected chi connectivity index (χ3v) is 4.37. The number of hydrogen-bond donors (Lipinski definition) is 1. The second kappa shape index (κ2) is 6.90. The van der Waals surface area contributed by atoms with Crippen LogP contribution in [0.3, 0.4) is 0 Å². The lowest BCUT2D eigenvalue weighted by molar-refractivity contribution is -0.133. The zero-order chi connectivity index (χ0) is 14.5. The van der Waals surface area contributed by atoms with E-state index in [2.05, 4.69) is 16.8 Å². The maximum atomic E-state index is 11.3. The van der Waals surface area contributed by atoms with Gasteiger partial charge in [0, 0.05) is 24.8 Å². The van der Waals surface area contributed by atoms with Gasteiger partial charge in [-0.15, -0.1) is 0 Å². The summed E-state index contributed by atoms with van der Waals surface area (Å²) in [6, 6.07) is 1.77. The van der Waals surface area contributed by atoms with Gasteiger partial charge in [0.25, 0.3) is 5.56 Å². The van der Waals surface area contributed by atoms with Crippen molar-refractivity contribution in [3.05, 3.63) is 22.6 Å². The van der Waals surface area contributed by atoms with E-state index in [4.69, 9.17) is 5.11 Å². The minimum Gasteiger partial charge on any atom is -0.481 e. The molecule has 0 bridgehead atoms. The van der Waals surface area contributed by atoms with Crippen LogP contribution in [0.15, 0.2) is 22.2 Å². The summed E-state index contributed by atoms with van der Waals surface area (Å²) in [5, 5.41) is 9.22. The number of thioether (sulfide) groups is 1. The van der Waals surface area contributed by atoms with Crippen LogP contribution in [-0.4, -0.2) is 50.4 Å². The van der Waals surface area contributed by atoms with Gasteiger partial charge in [-0.25, -0.2) is 0 Å². The predicted octanol–water partition coefficient (Wildman–Crippen LogP) is 0.904. The lowest BCUT2D eigenvalue weighted by Crippen LogP contribution is -2.34. The van der Waals surface area contributed by atoms with E-state index in [0.717, 1.165) is 31.4 Å². The van der Waals surface area contributed by atoms with Crippen LogP contribution in [0.2, 0.25) is 0 Å². The van der Waals surface area contributed by atoms with Crippen LogP contribution < -0.4 is 5.56 Å². The third-order valence-electron chi connectivity index (χ3n) is 3.40. The Morgan fingerprint density at radius 1 is 1.50 bits per heavy atom. The highest BCUT2D eigenvalue weighted by Crippen LogP contribution is 2.17. The molecule has 0 spiro atoms. The quantitative estimate of drug-likeness (QED) is 0.621. The summed E-state index contributed by atoms with van der Waals surface area (Å²) < 4.78 is 1.87. The van der Waals surface area contributed by atoms with Crippen LogP contribution in [0, 0.1) is 0 Å². The molecule has 6 nitrogen and oxygen atoms in total. The van der Waals surface area contributed by atoms with E-state index in [1.54, 1.807) is 6.20 Å². The molecule has 1 N–H and O–H groups in total. The fraction of sp³-hybridized carbons (Fsp3) is 0.615. The maximum absolute atomic E-state index is 11.3. The Morgan fingerprint density at radius 3 is 2.85 bits per heavy atom. The highest BCUT2D eigenvalue weighted by atomic mass is 32.2. The molecule has 1 aliphatic heterocycles. The molecule has 0 amide bonds. The molecule has 1 fully saturated rings. The maximum Gasteiger partial charge on any atom is 0.313 e. The molecule has 7 heteroatoms. The van der Waals surface area contributed by atoms with Gasteiger partial charge in [-0.2, -0.15) is 4.98 Å². The predicted molar refractivity (Wildman–Crippen MR) is 77.1 cm³/mol. The third kappa shape index (κ3) is 4.08. The van der Waals surface area contributed by atoms with E-state index in [1.807, 2.05) is 4.57 Å². The smallest absolute Gasteiger partial charge is 0.313 e. The Kier molecular flexibility index (Phi) is 5.19. The Bertz CT molecular complexity index is 526. The van der Waals surface area contributed by atoms with Crippen LogP contribution in [0.25, 0.3) is 0 Å². The summed E-state index contributed by atoms with van der Waals surface area (Å²) >= 11 is 1.09. The summed E-state index contributed by atoms with van der Waals surface area (Å²) in [6.45, 7) is 5.07. The van der Waals surface area contributed by atoms with E-state index in [-0.39, 0.29) is 11.3 Å². The highest BCUT2D eigenvalue weighted by Gasteiger charge is 2.19. The Balaban J connectivity index is 2.08. The number of hydrogen-bond acceptors (Lipinski definition) is 5. The van der Waals surface area contributed by atoms with Crippen LogP contribution in [0.4, 0.5) is 0 Å². The molecule has 0 aromatic carbocycles. The average molecular weight is 297 g/mol. The average Bonchev–Trinajstić information content (AvgIpc) is 2.93. The zero-order valence-corrected chi connectivity index (χ0v) is 12.3. The van der Waals surface area contributed by atoms with E-state index in [9.17, 15) is 9.59 Å². The minimum atomic E-state index is -0.910. The van der Waals surface area contributed by atoms with Crippen molar-refractivity contribution in [2.24, 2.45) is 0 Å². The first-order valence-electron chi connectivity index (χ1n) is 6.72. The molecule has 1 unspecified atom stereocenters. The Labute approximate surface area is 121 Å². The minimum absolute atomic E-state index is 0.0887. The van der Waals surface area contributed by atoms with Gasteiger partial charge in [0.2, 0.25) is 0 Å². The zero-order valence-electron chi connectivity index (χ0n) is 11.5. The number of aliphatic carboxylic acids is 1. The number of carboxylic acids is 1. The molecule has 2 heterocycles. The number of likely N-dealkylation sites (tertiary alicyclic amines) is 1. The van der Waals surface area contributed by atoms with Gasteiger partial charge in [0.05, 0.1) is 5.75 Å². The van der Waals surface area contributed by atoms with Crippen molar-refractivity contribution < 1.29 is 9.90 Å². The van der Waals surface area contributed by atoms with Crippen molar-refractivity contribution in [2.75, 3.05) is 18.8 Å². The first kappa shape index (κ1) is 15.1. The summed E-state index contributed by atoms with van der Waals surface area (Å²) in [6.07, 6.45) is 4.16. The first-order valence-corrected chi connectivity index (χ1v) is 7.71. The van der Waals surface area contributed by atoms with Gasteiger partial charge in [-0.1, -0.05) is 11.8 Å². The van der Waals surface area contributed by atoms with Gasteiger partial charge in [0.1, 0.15) is 0 Å². The monoisotopic (exact) mass is 297 g/mol. The highest BCUT2D eigenvalue weighted by molar-refractivity contribution is 7.99. The number of carbonyl (C=O) groups is 1. The normalized spacial score (nSPS) is 17.2. The molecule has 0 saturated carbocycles. The molecule has 1 atom stereocenters. The molecular weight excluding hydrogens is 278 g/mol. The van der Waals surface area contributed by atoms with Gasteiger partial charge in [0.15, 0.2) is 5.16 Å². The van der Waals surface area contributed by atoms with Crippen molar-refractivity contribution in [1.82, 2.24) is 14.5 Å². The first-order chi connectivity index (χ1) is 9.56. The standard InChI is InChI=1S/C13H19N3O3S/c1-10(15-5-2-3-6-15)8-16-7-4-11(17)14-13(16)20-9-12(18)19/h4,7,10H,2-3,5-6,8-9H2,1H3,(H,18,19). The molecule has 0 radical (unpaired) electrons. The molecule has 0 aliphatic carbocycles. The van der Waals surface area contributed by atoms with E-state index >= 15 is 0 Å². The molecule has 110 valence electrons. The topological polar surface area (TPSA) is 75.4 Å². The number of nitrogens with zero attached hydrogens (tertiary/aromatic N) is 3. The van der Waals surface area contributed by atoms with Gasteiger partial charge in [-0.3, -0.25) is 14.5 Å². The van der Waals surface area contributed by atoms with Crippen molar-refractivity contribution in [1.29, 1.82) is 0 Å². The second-order valence-corrected chi connectivity index (χ2v) is 5.92. The number of aromatic nitrogens is 2. The van der Waals surface area contributed by atoms with E-state index in [1.165, 1.54) is 18.9 Å². The molecule has 1 aliphatic rings. The van der Waals surface area contributed by atoms with Gasteiger partial charge >= 0.3 is 5.97 Å². The summed E-state index contributed by atoms with van der Waals surface area (Å²) in [7, 11) is 0. The van der Waals surface area contributed by atoms with Crippen molar-refractivity contribution in [3.63, 3.8) is 0 Å².